The summed E-state index contributed by atoms with van der Waals surface area (Å²) >= 11 is 0. The maximum absolute atomic E-state index is 14.1. The predicted octanol–water partition coefficient (Wildman–Crippen LogP) is 8.17. The van der Waals surface area contributed by atoms with Gasteiger partial charge in [0.1, 0.15) is 5.75 Å². The van der Waals surface area contributed by atoms with Crippen molar-refractivity contribution in [1.29, 1.82) is 5.26 Å². The second kappa shape index (κ2) is 11.3. The zero-order chi connectivity index (χ0) is 29.1. The Morgan fingerprint density at radius 2 is 1.64 bits per heavy atom. The minimum absolute atomic E-state index is 0.0883. The van der Waals surface area contributed by atoms with Gasteiger partial charge < -0.3 is 9.47 Å². The first-order chi connectivity index (χ1) is 18.2. The molecule has 11 heteroatoms. The van der Waals surface area contributed by atoms with Crippen LogP contribution in [-0.4, -0.2) is 20.3 Å². The molecule has 0 saturated carbocycles. The van der Waals surface area contributed by atoms with Crippen LogP contribution < -0.4 is 9.64 Å². The van der Waals surface area contributed by atoms with Crippen molar-refractivity contribution in [2.75, 3.05) is 19.1 Å². The van der Waals surface area contributed by atoms with Gasteiger partial charge >= 0.3 is 18.4 Å². The molecule has 0 saturated heterocycles. The number of carbonyl (C=O) groups is 1. The molecule has 39 heavy (non-hydrogen) atoms. The van der Waals surface area contributed by atoms with Crippen LogP contribution in [0, 0.1) is 11.3 Å². The molecule has 0 aliphatic heterocycles. The molecule has 0 aromatic heterocycles. The van der Waals surface area contributed by atoms with E-state index in [1.807, 2.05) is 19.9 Å². The average molecular weight is 550 g/mol. The molecule has 0 bridgehead atoms. The lowest BCUT2D eigenvalue weighted by Crippen LogP contribution is -2.32. The van der Waals surface area contributed by atoms with E-state index >= 15 is 0 Å². The first-order valence-electron chi connectivity index (χ1n) is 11.6. The summed E-state index contributed by atoms with van der Waals surface area (Å²) in [4.78, 5) is 13.4. The zero-order valence-corrected chi connectivity index (χ0v) is 21.4. The van der Waals surface area contributed by atoms with E-state index in [1.165, 1.54) is 13.2 Å². The summed E-state index contributed by atoms with van der Waals surface area (Å²) in [6.07, 6.45) is -11.0. The number of hydrogen-bond acceptors (Lipinski definition) is 4. The Morgan fingerprint density at radius 3 is 2.18 bits per heavy atom. The molecular formula is C28H24F6N2O3. The van der Waals surface area contributed by atoms with Gasteiger partial charge in [-0.1, -0.05) is 26.0 Å². The van der Waals surface area contributed by atoms with E-state index in [0.29, 0.717) is 28.3 Å². The first kappa shape index (κ1) is 29.4. The molecule has 0 spiro atoms. The van der Waals surface area contributed by atoms with Crippen LogP contribution in [0.5, 0.6) is 5.75 Å². The molecule has 3 aromatic carbocycles. The highest BCUT2D eigenvalue weighted by Gasteiger charge is 2.37. The van der Waals surface area contributed by atoms with Crippen molar-refractivity contribution in [3.63, 3.8) is 0 Å². The largest absolute Gasteiger partial charge is 0.496 e. The molecule has 1 amide bonds. The minimum atomic E-state index is -4.92. The number of nitriles is 1. The number of ether oxygens (including phenoxy) is 2. The summed E-state index contributed by atoms with van der Waals surface area (Å²) in [5.41, 5.74) is -2.01. The normalized spacial score (nSPS) is 11.7. The minimum Gasteiger partial charge on any atom is -0.496 e. The SMILES string of the molecule is COC(=O)N(Cc1cc(C#N)cc(C(F)(F)F)c1)c1cc(-c2cc(C(C)C)ccc2OC)ccc1C(F)(F)F. The Morgan fingerprint density at radius 1 is 0.949 bits per heavy atom. The first-order valence-corrected chi connectivity index (χ1v) is 11.6. The summed E-state index contributed by atoms with van der Waals surface area (Å²) in [5, 5.41) is 9.20. The molecule has 0 atom stereocenters. The van der Waals surface area contributed by atoms with Crippen LogP contribution in [0.2, 0.25) is 0 Å². The lowest BCUT2D eigenvalue weighted by atomic mass is 9.95. The fraction of sp³-hybridized carbons (Fsp3) is 0.286. The number of anilines is 1. The van der Waals surface area contributed by atoms with Gasteiger partial charge in [-0.2, -0.15) is 31.6 Å². The van der Waals surface area contributed by atoms with Gasteiger partial charge in [0.05, 0.1) is 49.2 Å². The van der Waals surface area contributed by atoms with Crippen molar-refractivity contribution in [3.8, 4) is 22.9 Å². The zero-order valence-electron chi connectivity index (χ0n) is 21.4. The number of hydrogen-bond donors (Lipinski definition) is 0. The second-order valence-corrected chi connectivity index (χ2v) is 8.93. The van der Waals surface area contributed by atoms with E-state index in [-0.39, 0.29) is 22.6 Å². The Bertz CT molecular complexity index is 1410. The number of amides is 1. The third-order valence-corrected chi connectivity index (χ3v) is 5.98. The van der Waals surface area contributed by atoms with Gasteiger partial charge in [0, 0.05) is 5.56 Å². The number of alkyl halides is 6. The van der Waals surface area contributed by atoms with E-state index in [9.17, 15) is 36.4 Å². The summed E-state index contributed by atoms with van der Waals surface area (Å²) in [6, 6.07) is 12.3. The number of benzene rings is 3. The monoisotopic (exact) mass is 550 g/mol. The van der Waals surface area contributed by atoms with Crippen LogP contribution >= 0.6 is 0 Å². The standard InChI is InChI=1S/C28H24F6N2O3/c1-16(2)19-6-8-25(38-3)22(12-19)20-5-7-23(28(32,33)34)24(13-20)36(26(37)39-4)15-18-9-17(14-35)10-21(11-18)27(29,30)31/h5-13,16H,15H2,1-4H3. The van der Waals surface area contributed by atoms with E-state index in [2.05, 4.69) is 0 Å². The second-order valence-electron chi connectivity index (χ2n) is 8.93. The van der Waals surface area contributed by atoms with Crippen LogP contribution in [0.15, 0.2) is 54.6 Å². The summed E-state index contributed by atoms with van der Waals surface area (Å²) < 4.78 is 92.7. The summed E-state index contributed by atoms with van der Waals surface area (Å²) in [7, 11) is 2.34. The van der Waals surface area contributed by atoms with E-state index in [1.54, 1.807) is 18.2 Å². The van der Waals surface area contributed by atoms with Gasteiger partial charge in [-0.25, -0.2) is 4.79 Å². The molecule has 5 nitrogen and oxygen atoms in total. The molecule has 0 unspecified atom stereocenters. The fourth-order valence-corrected chi connectivity index (χ4v) is 4.02. The molecule has 0 heterocycles. The van der Waals surface area contributed by atoms with Gasteiger partial charge in [0.2, 0.25) is 0 Å². The molecule has 0 aliphatic rings. The van der Waals surface area contributed by atoms with Crippen molar-refractivity contribution >= 4 is 11.8 Å². The Balaban J connectivity index is 2.26. The third-order valence-electron chi connectivity index (χ3n) is 5.98. The highest BCUT2D eigenvalue weighted by molar-refractivity contribution is 5.90. The summed E-state index contributed by atoms with van der Waals surface area (Å²) in [5.74, 6) is 0.455. The van der Waals surface area contributed by atoms with Crippen molar-refractivity contribution in [2.24, 2.45) is 0 Å². The number of halogens is 6. The van der Waals surface area contributed by atoms with Crippen molar-refractivity contribution in [2.45, 2.75) is 38.7 Å². The van der Waals surface area contributed by atoms with Crippen LogP contribution in [0.1, 0.15) is 47.6 Å². The summed E-state index contributed by atoms with van der Waals surface area (Å²) in [6.45, 7) is 3.14. The molecule has 3 aromatic rings. The van der Waals surface area contributed by atoms with Gasteiger partial charge in [-0.3, -0.25) is 4.90 Å². The molecule has 0 fully saturated rings. The maximum atomic E-state index is 14.1. The highest BCUT2D eigenvalue weighted by atomic mass is 19.4. The molecule has 3 rings (SSSR count). The Labute approximate surface area is 221 Å². The van der Waals surface area contributed by atoms with Crippen LogP contribution in [0.3, 0.4) is 0 Å². The average Bonchev–Trinajstić information content (AvgIpc) is 2.89. The van der Waals surface area contributed by atoms with Gasteiger partial charge in [0.15, 0.2) is 0 Å². The van der Waals surface area contributed by atoms with Gasteiger partial charge in [-0.15, -0.1) is 0 Å². The third kappa shape index (κ3) is 6.63. The van der Waals surface area contributed by atoms with E-state index in [0.717, 1.165) is 30.9 Å². The van der Waals surface area contributed by atoms with Gasteiger partial charge in [0.25, 0.3) is 0 Å². The van der Waals surface area contributed by atoms with E-state index in [4.69, 9.17) is 9.47 Å². The molecular weight excluding hydrogens is 526 g/mol. The highest BCUT2D eigenvalue weighted by Crippen LogP contribution is 2.42. The van der Waals surface area contributed by atoms with Crippen LogP contribution in [-0.2, 0) is 23.6 Å². The Kier molecular flexibility index (Phi) is 8.48. The predicted molar refractivity (Wildman–Crippen MR) is 132 cm³/mol. The lowest BCUT2D eigenvalue weighted by Gasteiger charge is -2.26. The molecule has 0 N–H and O–H groups in total. The van der Waals surface area contributed by atoms with Crippen molar-refractivity contribution in [3.05, 3.63) is 82.4 Å². The maximum Gasteiger partial charge on any atom is 0.418 e. The van der Waals surface area contributed by atoms with Crippen molar-refractivity contribution < 1.29 is 40.6 Å². The smallest absolute Gasteiger partial charge is 0.418 e. The van der Waals surface area contributed by atoms with Crippen LogP contribution in [0.25, 0.3) is 11.1 Å². The molecule has 0 aliphatic carbocycles. The number of carbonyl (C=O) groups excluding carboxylic acids is 1. The number of nitrogens with zero attached hydrogens (tertiary/aromatic N) is 2. The fourth-order valence-electron chi connectivity index (χ4n) is 4.02. The number of methoxy groups -OCH3 is 2. The van der Waals surface area contributed by atoms with Gasteiger partial charge in [-0.05, 0) is 65.1 Å². The van der Waals surface area contributed by atoms with Crippen LogP contribution in [0.4, 0.5) is 36.8 Å². The lowest BCUT2D eigenvalue weighted by molar-refractivity contribution is -0.138. The topological polar surface area (TPSA) is 62.6 Å². The molecule has 206 valence electrons. The van der Waals surface area contributed by atoms with Crippen molar-refractivity contribution in [1.82, 2.24) is 0 Å². The van der Waals surface area contributed by atoms with E-state index < -0.39 is 41.8 Å². The quantitative estimate of drug-likeness (QED) is 0.291. The molecule has 0 radical (unpaired) electrons. The number of rotatable bonds is 6. The Hall–Kier alpha value is -4.20.